The highest BCUT2D eigenvalue weighted by Gasteiger charge is 2.32. The van der Waals surface area contributed by atoms with E-state index in [0.29, 0.717) is 5.82 Å². The minimum Gasteiger partial charge on any atom is -0.399 e. The molecule has 0 unspecified atom stereocenters. The first-order valence-electron chi connectivity index (χ1n) is 5.90. The van der Waals surface area contributed by atoms with Gasteiger partial charge in [0.1, 0.15) is 0 Å². The van der Waals surface area contributed by atoms with Gasteiger partial charge in [0.2, 0.25) is 0 Å². The van der Waals surface area contributed by atoms with Gasteiger partial charge in [-0.25, -0.2) is 0 Å². The number of alkyl halides is 3. The number of halogens is 3. The van der Waals surface area contributed by atoms with Crippen LogP contribution in [0.5, 0.6) is 0 Å². The van der Waals surface area contributed by atoms with Crippen LogP contribution in [0.3, 0.4) is 0 Å². The van der Waals surface area contributed by atoms with Crippen molar-refractivity contribution >= 4 is 5.69 Å². The molecule has 0 bridgehead atoms. The lowest BCUT2D eigenvalue weighted by molar-refractivity contribution is -0.137. The van der Waals surface area contributed by atoms with Gasteiger partial charge in [0, 0.05) is 16.7 Å². The zero-order valence-corrected chi connectivity index (χ0v) is 11.2. The Labute approximate surface area is 113 Å². The second-order valence-corrected chi connectivity index (χ2v) is 5.51. The van der Waals surface area contributed by atoms with Gasteiger partial charge in [-0.3, -0.25) is 0 Å². The molecule has 108 valence electrons. The molecule has 2 rings (SSSR count). The number of nitrogens with two attached hydrogens (primary N) is 1. The molecule has 7 heteroatoms. The van der Waals surface area contributed by atoms with Gasteiger partial charge in [-0.15, -0.1) is 0 Å². The molecule has 2 aromatic rings. The molecular weight excluding hydrogens is 271 g/mol. The molecule has 1 aromatic heterocycles. The third kappa shape index (κ3) is 2.92. The van der Waals surface area contributed by atoms with E-state index in [-0.39, 0.29) is 22.6 Å². The molecule has 0 fully saturated rings. The van der Waals surface area contributed by atoms with Crippen LogP contribution in [-0.2, 0) is 11.6 Å². The van der Waals surface area contributed by atoms with Gasteiger partial charge in [-0.1, -0.05) is 25.9 Å². The molecule has 0 saturated heterocycles. The Morgan fingerprint density at radius 3 is 2.25 bits per heavy atom. The van der Waals surface area contributed by atoms with Crippen LogP contribution in [0.15, 0.2) is 22.7 Å². The van der Waals surface area contributed by atoms with Crippen LogP contribution >= 0.6 is 0 Å². The number of anilines is 1. The zero-order chi connectivity index (χ0) is 15.1. The van der Waals surface area contributed by atoms with Crippen molar-refractivity contribution in [3.8, 4) is 11.5 Å². The van der Waals surface area contributed by atoms with E-state index in [1.807, 2.05) is 20.8 Å². The van der Waals surface area contributed by atoms with E-state index in [2.05, 4.69) is 10.1 Å². The maximum absolute atomic E-state index is 12.7. The molecule has 0 radical (unpaired) electrons. The van der Waals surface area contributed by atoms with Gasteiger partial charge in [-0.05, 0) is 18.2 Å². The number of benzene rings is 1. The summed E-state index contributed by atoms with van der Waals surface area (Å²) < 4.78 is 43.2. The molecule has 0 aliphatic rings. The normalized spacial score (nSPS) is 12.7. The Morgan fingerprint density at radius 1 is 1.10 bits per heavy atom. The highest BCUT2D eigenvalue weighted by Crippen LogP contribution is 2.34. The van der Waals surface area contributed by atoms with Crippen LogP contribution in [-0.4, -0.2) is 10.1 Å². The van der Waals surface area contributed by atoms with E-state index in [1.54, 1.807) is 0 Å². The molecule has 0 amide bonds. The molecule has 0 atom stereocenters. The van der Waals surface area contributed by atoms with E-state index in [9.17, 15) is 13.2 Å². The summed E-state index contributed by atoms with van der Waals surface area (Å²) in [7, 11) is 0. The van der Waals surface area contributed by atoms with Gasteiger partial charge in [-0.2, -0.15) is 18.2 Å². The number of hydrogen-bond donors (Lipinski definition) is 1. The fourth-order valence-electron chi connectivity index (χ4n) is 1.58. The van der Waals surface area contributed by atoms with Crippen molar-refractivity contribution in [2.24, 2.45) is 0 Å². The maximum Gasteiger partial charge on any atom is 0.416 e. The SMILES string of the molecule is CC(C)(C)c1noc(-c2cc(N)cc(C(F)(F)F)c2)n1. The summed E-state index contributed by atoms with van der Waals surface area (Å²) in [5, 5.41) is 3.78. The van der Waals surface area contributed by atoms with Crippen molar-refractivity contribution in [3.63, 3.8) is 0 Å². The summed E-state index contributed by atoms with van der Waals surface area (Å²) in [4.78, 5) is 4.12. The molecule has 2 N–H and O–H groups in total. The molecule has 1 aromatic carbocycles. The number of hydrogen-bond acceptors (Lipinski definition) is 4. The average Bonchev–Trinajstić information content (AvgIpc) is 2.75. The fraction of sp³-hybridized carbons (Fsp3) is 0.385. The van der Waals surface area contributed by atoms with E-state index in [0.717, 1.165) is 12.1 Å². The molecule has 0 spiro atoms. The first kappa shape index (κ1) is 14.4. The van der Waals surface area contributed by atoms with Crippen molar-refractivity contribution in [2.75, 3.05) is 5.73 Å². The van der Waals surface area contributed by atoms with Gasteiger partial charge >= 0.3 is 6.18 Å². The van der Waals surface area contributed by atoms with Crippen LogP contribution in [0, 0.1) is 0 Å². The van der Waals surface area contributed by atoms with Gasteiger partial charge < -0.3 is 10.3 Å². The van der Waals surface area contributed by atoms with Crippen LogP contribution in [0.4, 0.5) is 18.9 Å². The standard InChI is InChI=1S/C13H14F3N3O/c1-12(2,3)11-18-10(20-19-11)7-4-8(13(14,15)16)6-9(17)5-7/h4-6H,17H2,1-3H3. The lowest BCUT2D eigenvalue weighted by atomic mass is 9.96. The fourth-order valence-corrected chi connectivity index (χ4v) is 1.58. The number of nitrogens with zero attached hydrogens (tertiary/aromatic N) is 2. The largest absolute Gasteiger partial charge is 0.416 e. The van der Waals surface area contributed by atoms with Gasteiger partial charge in [0.25, 0.3) is 5.89 Å². The topological polar surface area (TPSA) is 64.9 Å². The first-order valence-corrected chi connectivity index (χ1v) is 5.90. The summed E-state index contributed by atoms with van der Waals surface area (Å²) >= 11 is 0. The lowest BCUT2D eigenvalue weighted by Gasteiger charge is -2.11. The molecular formula is C13H14F3N3O. The predicted octanol–water partition coefficient (Wildman–Crippen LogP) is 3.64. The second-order valence-electron chi connectivity index (χ2n) is 5.51. The molecule has 0 saturated carbocycles. The van der Waals surface area contributed by atoms with Gasteiger partial charge in [0.05, 0.1) is 5.56 Å². The summed E-state index contributed by atoms with van der Waals surface area (Å²) in [5.74, 6) is 0.441. The molecule has 4 nitrogen and oxygen atoms in total. The number of aromatic nitrogens is 2. The van der Waals surface area contributed by atoms with Crippen LogP contribution in [0.1, 0.15) is 32.2 Å². The highest BCUT2D eigenvalue weighted by molar-refractivity contribution is 5.62. The first-order chi connectivity index (χ1) is 9.07. The third-order valence-electron chi connectivity index (χ3n) is 2.63. The Kier molecular flexibility index (Phi) is 3.23. The van der Waals surface area contributed by atoms with E-state index >= 15 is 0 Å². The van der Waals surface area contributed by atoms with E-state index < -0.39 is 11.7 Å². The summed E-state index contributed by atoms with van der Waals surface area (Å²) in [6.07, 6.45) is -4.48. The Bertz CT molecular complexity index is 627. The van der Waals surface area contributed by atoms with Gasteiger partial charge in [0.15, 0.2) is 5.82 Å². The van der Waals surface area contributed by atoms with Crippen molar-refractivity contribution in [3.05, 3.63) is 29.6 Å². The Morgan fingerprint density at radius 2 is 1.75 bits per heavy atom. The second kappa shape index (κ2) is 4.50. The van der Waals surface area contributed by atoms with E-state index in [1.165, 1.54) is 6.07 Å². The third-order valence-corrected chi connectivity index (χ3v) is 2.63. The molecule has 0 aliphatic carbocycles. The maximum atomic E-state index is 12.7. The minimum atomic E-state index is -4.48. The highest BCUT2D eigenvalue weighted by atomic mass is 19.4. The lowest BCUT2D eigenvalue weighted by Crippen LogP contribution is -2.13. The monoisotopic (exact) mass is 285 g/mol. The van der Waals surface area contributed by atoms with Crippen molar-refractivity contribution in [1.29, 1.82) is 0 Å². The minimum absolute atomic E-state index is 0.00895. The predicted molar refractivity (Wildman–Crippen MR) is 67.8 cm³/mol. The Hall–Kier alpha value is -2.05. The smallest absolute Gasteiger partial charge is 0.399 e. The summed E-state index contributed by atoms with van der Waals surface area (Å²) in [5.41, 5.74) is 4.44. The molecule has 20 heavy (non-hydrogen) atoms. The number of rotatable bonds is 1. The van der Waals surface area contributed by atoms with Crippen LogP contribution in [0.2, 0.25) is 0 Å². The summed E-state index contributed by atoms with van der Waals surface area (Å²) in [6.45, 7) is 5.63. The number of nitrogen functional groups attached to an aromatic ring is 1. The molecule has 0 aliphatic heterocycles. The van der Waals surface area contributed by atoms with Crippen molar-refractivity contribution in [1.82, 2.24) is 10.1 Å². The van der Waals surface area contributed by atoms with Crippen molar-refractivity contribution < 1.29 is 17.7 Å². The summed E-state index contributed by atoms with van der Waals surface area (Å²) in [6, 6.07) is 3.18. The molecule has 1 heterocycles. The quantitative estimate of drug-likeness (QED) is 0.812. The van der Waals surface area contributed by atoms with Crippen molar-refractivity contribution in [2.45, 2.75) is 32.4 Å². The Balaban J connectivity index is 2.48. The zero-order valence-electron chi connectivity index (χ0n) is 11.2. The average molecular weight is 285 g/mol. The van der Waals surface area contributed by atoms with Crippen LogP contribution < -0.4 is 5.73 Å². The van der Waals surface area contributed by atoms with Crippen LogP contribution in [0.25, 0.3) is 11.5 Å². The van der Waals surface area contributed by atoms with E-state index in [4.69, 9.17) is 10.3 Å².